The first-order chi connectivity index (χ1) is 11.9. The van der Waals surface area contributed by atoms with Gasteiger partial charge in [0, 0.05) is 0 Å². The van der Waals surface area contributed by atoms with Crippen LogP contribution in [0.4, 0.5) is 10.6 Å². The first kappa shape index (κ1) is 24.4. The fourth-order valence-electron chi connectivity index (χ4n) is 2.01. The van der Waals surface area contributed by atoms with Gasteiger partial charge in [-0.1, -0.05) is 0 Å². The Morgan fingerprint density at radius 1 is 1.11 bits per heavy atom. The molecule has 0 aromatic carbocycles. The zero-order chi connectivity index (χ0) is 21.3. The van der Waals surface area contributed by atoms with Crippen molar-refractivity contribution in [1.29, 1.82) is 0 Å². The Hall–Kier alpha value is -0.604. The molecule has 1 N–H and O–H groups in total. The number of pyridine rings is 1. The molecule has 0 fully saturated rings. The molecular weight excluding hydrogens is 463 g/mol. The number of aromatic nitrogens is 1. The first-order valence-electron chi connectivity index (χ1n) is 9.57. The van der Waals surface area contributed by atoms with E-state index in [2.05, 4.69) is 60.1 Å². The molecule has 0 radical (unpaired) electrons. The Morgan fingerprint density at radius 3 is 2.11 bits per heavy atom. The van der Waals surface area contributed by atoms with Gasteiger partial charge in [0.05, 0.1) is 0 Å². The molecule has 1 heterocycles. The van der Waals surface area contributed by atoms with Gasteiger partial charge in [-0.2, -0.15) is 0 Å². The Balaban J connectivity index is 3.14. The molecule has 0 bridgehead atoms. The van der Waals surface area contributed by atoms with Gasteiger partial charge >= 0.3 is 171 Å². The number of amides is 1. The van der Waals surface area contributed by atoms with Gasteiger partial charge in [-0.25, -0.2) is 0 Å². The van der Waals surface area contributed by atoms with Crippen LogP contribution in [0, 0.1) is 0 Å². The van der Waals surface area contributed by atoms with Gasteiger partial charge in [-0.15, -0.1) is 0 Å². The molecule has 0 aliphatic rings. The molecule has 1 aromatic heterocycles. The van der Waals surface area contributed by atoms with Crippen molar-refractivity contribution in [2.24, 2.45) is 0 Å². The zero-order valence-electron chi connectivity index (χ0n) is 19.0. The average molecular weight is 501 g/mol. The topological polar surface area (TPSA) is 60.5 Å². The minimum atomic E-state index is -2.37. The molecule has 0 spiro atoms. The van der Waals surface area contributed by atoms with E-state index < -0.39 is 38.4 Å². The van der Waals surface area contributed by atoms with Crippen LogP contribution in [0.1, 0.15) is 47.1 Å². The van der Waals surface area contributed by atoms with Crippen molar-refractivity contribution < 1.29 is 14.0 Å². The third-order valence-corrected chi connectivity index (χ3v) is 14.4. The summed E-state index contributed by atoms with van der Waals surface area (Å²) < 4.78 is 12.9. The molecule has 7 heteroatoms. The summed E-state index contributed by atoms with van der Waals surface area (Å²) in [4.78, 5) is 24.0. The summed E-state index contributed by atoms with van der Waals surface area (Å²) in [6, 6.07) is 4.14. The van der Waals surface area contributed by atoms with Crippen LogP contribution in [0.2, 0.25) is 33.0 Å². The number of carbonyl (C=O) groups excluding carboxylic acids is 1. The van der Waals surface area contributed by atoms with Crippen molar-refractivity contribution in [3.8, 4) is 0 Å². The third kappa shape index (κ3) is 7.73. The quantitative estimate of drug-likeness (QED) is 0.542. The van der Waals surface area contributed by atoms with Crippen molar-refractivity contribution in [2.45, 2.75) is 86.7 Å². The van der Waals surface area contributed by atoms with Crippen LogP contribution in [-0.2, 0) is 15.8 Å². The molecule has 0 aliphatic carbocycles. The number of nitrogens with zero attached hydrogens (tertiary/aromatic N) is 1. The number of anilines is 1. The standard InChI is InChI=1S/C17H29N2O3Si.3CH3.Sn/c1-16(2,3)22-15(20)19-14-13(10-9-11-18-14)12-21-23(7,8)17(4,5)6;;;;/h9-10H,12H2,1-8H3,(H,18,19,20);3*1H3;. The maximum absolute atomic E-state index is 12.3. The second-order valence-electron chi connectivity index (χ2n) is 10.6. The first-order valence-corrected chi connectivity index (χ1v) is 22.5. The van der Waals surface area contributed by atoms with E-state index in [1.165, 1.54) is 0 Å². The van der Waals surface area contributed by atoms with Crippen molar-refractivity contribution >= 4 is 42.3 Å². The van der Waals surface area contributed by atoms with Crippen molar-refractivity contribution in [3.63, 3.8) is 0 Å². The summed E-state index contributed by atoms with van der Waals surface area (Å²) in [5.74, 6) is 0.562. The van der Waals surface area contributed by atoms with E-state index in [0.29, 0.717) is 12.4 Å². The summed E-state index contributed by atoms with van der Waals surface area (Å²) in [5, 5.41) is 2.98. The summed E-state index contributed by atoms with van der Waals surface area (Å²) in [6.45, 7) is 17.1. The summed E-state index contributed by atoms with van der Waals surface area (Å²) in [6.07, 6.45) is -0.482. The number of hydrogen-bond donors (Lipinski definition) is 1. The van der Waals surface area contributed by atoms with E-state index in [9.17, 15) is 4.79 Å². The number of hydrogen-bond acceptors (Lipinski definition) is 4. The molecule has 1 amide bonds. The SMILES string of the molecule is CC(C)(C)OC(=O)Nc1n[c]([Sn]([CH3])([CH3])[CH3])ccc1CO[Si](C)(C)C(C)(C)C. The molecule has 5 nitrogen and oxygen atoms in total. The van der Waals surface area contributed by atoms with E-state index in [1.54, 1.807) is 0 Å². The van der Waals surface area contributed by atoms with Crippen LogP contribution in [0.3, 0.4) is 0 Å². The summed E-state index contributed by atoms with van der Waals surface area (Å²) in [7, 11) is -1.90. The average Bonchev–Trinajstić information content (AvgIpc) is 2.41. The van der Waals surface area contributed by atoms with Crippen LogP contribution in [0.5, 0.6) is 0 Å². The van der Waals surface area contributed by atoms with Crippen molar-refractivity contribution in [2.75, 3.05) is 5.32 Å². The van der Waals surface area contributed by atoms with Gasteiger partial charge in [-0.05, 0) is 0 Å². The summed E-state index contributed by atoms with van der Waals surface area (Å²) >= 11 is -2.37. The van der Waals surface area contributed by atoms with Crippen LogP contribution >= 0.6 is 0 Å². The molecule has 0 unspecified atom stereocenters. The molecule has 0 aliphatic heterocycles. The fraction of sp³-hybridized carbons (Fsp3) is 0.700. The zero-order valence-corrected chi connectivity index (χ0v) is 22.9. The predicted molar refractivity (Wildman–Crippen MR) is 119 cm³/mol. The molecule has 27 heavy (non-hydrogen) atoms. The van der Waals surface area contributed by atoms with Crippen LogP contribution < -0.4 is 9.03 Å². The van der Waals surface area contributed by atoms with Gasteiger partial charge in [0.1, 0.15) is 0 Å². The number of rotatable bonds is 5. The van der Waals surface area contributed by atoms with E-state index in [1.807, 2.05) is 26.8 Å². The van der Waals surface area contributed by atoms with E-state index in [0.717, 1.165) is 9.27 Å². The molecular formula is C20H38N2O3SiSn. The molecule has 1 rings (SSSR count). The van der Waals surface area contributed by atoms with Gasteiger partial charge in [-0.3, -0.25) is 0 Å². The molecule has 0 saturated heterocycles. The third-order valence-electron chi connectivity index (χ3n) is 4.76. The monoisotopic (exact) mass is 502 g/mol. The molecule has 154 valence electrons. The minimum absolute atomic E-state index is 0.126. The number of nitrogens with one attached hydrogen (secondary N) is 1. The number of ether oxygens (including phenoxy) is 1. The Morgan fingerprint density at radius 2 is 1.67 bits per heavy atom. The van der Waals surface area contributed by atoms with Crippen molar-refractivity contribution in [1.82, 2.24) is 4.98 Å². The molecule has 1 aromatic rings. The molecule has 0 atom stereocenters. The van der Waals surface area contributed by atoms with E-state index in [4.69, 9.17) is 14.1 Å². The van der Waals surface area contributed by atoms with Crippen LogP contribution in [-0.4, -0.2) is 43.4 Å². The predicted octanol–water partition coefficient (Wildman–Crippen LogP) is 5.50. The number of carbonyl (C=O) groups is 1. The van der Waals surface area contributed by atoms with Gasteiger partial charge in [0.25, 0.3) is 0 Å². The van der Waals surface area contributed by atoms with Crippen molar-refractivity contribution in [3.05, 3.63) is 17.7 Å². The second kappa shape index (κ2) is 8.41. The van der Waals surface area contributed by atoms with Crippen LogP contribution in [0.15, 0.2) is 12.1 Å². The summed E-state index contributed by atoms with van der Waals surface area (Å²) in [5.41, 5.74) is 0.341. The Labute approximate surface area is 170 Å². The van der Waals surface area contributed by atoms with E-state index >= 15 is 0 Å². The molecule has 0 saturated carbocycles. The van der Waals surface area contributed by atoms with Crippen LogP contribution in [0.25, 0.3) is 0 Å². The second-order valence-corrected chi connectivity index (χ2v) is 29.7. The van der Waals surface area contributed by atoms with Gasteiger partial charge in [0.2, 0.25) is 0 Å². The van der Waals surface area contributed by atoms with Gasteiger partial charge in [0.15, 0.2) is 0 Å². The van der Waals surface area contributed by atoms with E-state index in [-0.39, 0.29) is 5.04 Å². The van der Waals surface area contributed by atoms with Gasteiger partial charge < -0.3 is 0 Å². The normalized spacial score (nSPS) is 13.4. The Kier molecular flexibility index (Phi) is 7.61. The maximum atomic E-state index is 12.3. The fourth-order valence-corrected chi connectivity index (χ4v) is 5.90. The Bertz CT molecular complexity index is 671.